The summed E-state index contributed by atoms with van der Waals surface area (Å²) in [6, 6.07) is 0. The number of hydrazine groups is 1. The first-order valence-corrected chi connectivity index (χ1v) is 2.42. The highest BCUT2D eigenvalue weighted by Gasteiger charge is 2.06. The van der Waals surface area contributed by atoms with Gasteiger partial charge in [-0.1, -0.05) is 5.59 Å². The van der Waals surface area contributed by atoms with Crippen molar-refractivity contribution in [3.05, 3.63) is 12.5 Å². The fourth-order valence-electron chi connectivity index (χ4n) is 0.437. The maximum absolute atomic E-state index is 5.43. The SMILES string of the molecule is CC(N)N1C=CON1. The largest absolute Gasteiger partial charge is 0.395 e. The van der Waals surface area contributed by atoms with Gasteiger partial charge < -0.3 is 10.6 Å². The number of nitrogens with one attached hydrogen (secondary N) is 1. The van der Waals surface area contributed by atoms with Crippen LogP contribution in [0, 0.1) is 0 Å². The average Bonchev–Trinajstić information content (AvgIpc) is 2.12. The Bertz CT molecular complexity index is 101. The topological polar surface area (TPSA) is 50.5 Å². The van der Waals surface area contributed by atoms with Crippen LogP contribution >= 0.6 is 0 Å². The van der Waals surface area contributed by atoms with Crippen molar-refractivity contribution in [2.24, 2.45) is 5.73 Å². The van der Waals surface area contributed by atoms with Crippen LogP contribution in [0.3, 0.4) is 0 Å². The van der Waals surface area contributed by atoms with Gasteiger partial charge in [0.1, 0.15) is 6.26 Å². The number of nitrogens with zero attached hydrogens (tertiary/aromatic N) is 1. The van der Waals surface area contributed by atoms with E-state index in [-0.39, 0.29) is 6.17 Å². The summed E-state index contributed by atoms with van der Waals surface area (Å²) < 4.78 is 0. The van der Waals surface area contributed by atoms with Crippen molar-refractivity contribution in [3.63, 3.8) is 0 Å². The van der Waals surface area contributed by atoms with Crippen LogP contribution in [-0.2, 0) is 4.84 Å². The van der Waals surface area contributed by atoms with Crippen molar-refractivity contribution >= 4 is 0 Å². The van der Waals surface area contributed by atoms with Crippen molar-refractivity contribution in [1.82, 2.24) is 10.6 Å². The molecule has 3 N–H and O–H groups in total. The Hall–Kier alpha value is -0.740. The van der Waals surface area contributed by atoms with E-state index in [1.165, 1.54) is 6.26 Å². The van der Waals surface area contributed by atoms with Gasteiger partial charge in [0, 0.05) is 0 Å². The van der Waals surface area contributed by atoms with Gasteiger partial charge in [-0.25, -0.2) is 0 Å². The zero-order valence-electron chi connectivity index (χ0n) is 4.66. The maximum Gasteiger partial charge on any atom is 0.131 e. The van der Waals surface area contributed by atoms with Gasteiger partial charge in [-0.05, 0) is 6.92 Å². The molecule has 1 unspecified atom stereocenters. The van der Waals surface area contributed by atoms with Crippen molar-refractivity contribution in [1.29, 1.82) is 0 Å². The van der Waals surface area contributed by atoms with Crippen molar-refractivity contribution in [2.45, 2.75) is 13.1 Å². The quantitative estimate of drug-likeness (QED) is 0.484. The summed E-state index contributed by atoms with van der Waals surface area (Å²) in [5.41, 5.74) is 7.98. The molecule has 1 rings (SSSR count). The fraction of sp³-hybridized carbons (Fsp3) is 0.500. The molecular weight excluding hydrogens is 106 g/mol. The zero-order chi connectivity index (χ0) is 5.98. The molecular formula is C4H9N3O. The number of hydrogen-bond acceptors (Lipinski definition) is 4. The molecule has 0 bridgehead atoms. The van der Waals surface area contributed by atoms with Crippen LogP contribution in [0.5, 0.6) is 0 Å². The van der Waals surface area contributed by atoms with Crippen molar-refractivity contribution in [3.8, 4) is 0 Å². The van der Waals surface area contributed by atoms with E-state index in [4.69, 9.17) is 5.73 Å². The highest BCUT2D eigenvalue weighted by Crippen LogP contribution is 1.95. The lowest BCUT2D eigenvalue weighted by atomic mass is 10.6. The third-order valence-electron chi connectivity index (χ3n) is 0.886. The smallest absolute Gasteiger partial charge is 0.131 e. The molecule has 0 aromatic rings. The molecule has 1 aliphatic rings. The van der Waals surface area contributed by atoms with Crippen LogP contribution in [0.25, 0.3) is 0 Å². The van der Waals surface area contributed by atoms with Gasteiger partial charge in [0.25, 0.3) is 0 Å². The Kier molecular flexibility index (Phi) is 1.36. The molecule has 4 heteroatoms. The second kappa shape index (κ2) is 2.02. The third-order valence-corrected chi connectivity index (χ3v) is 0.886. The average molecular weight is 115 g/mol. The zero-order valence-corrected chi connectivity index (χ0v) is 4.66. The second-order valence-electron chi connectivity index (χ2n) is 1.64. The predicted octanol–water partition coefficient (Wildman–Crippen LogP) is -0.486. The second-order valence-corrected chi connectivity index (χ2v) is 1.64. The van der Waals surface area contributed by atoms with E-state index in [1.807, 2.05) is 6.92 Å². The Balaban J connectivity index is 2.36. The van der Waals surface area contributed by atoms with Gasteiger partial charge in [0.15, 0.2) is 0 Å². The molecule has 0 amide bonds. The number of nitrogens with two attached hydrogens (primary N) is 1. The minimum atomic E-state index is -0.0475. The lowest BCUT2D eigenvalue weighted by Crippen LogP contribution is -2.41. The van der Waals surface area contributed by atoms with E-state index in [2.05, 4.69) is 10.4 Å². The fourth-order valence-corrected chi connectivity index (χ4v) is 0.437. The summed E-state index contributed by atoms with van der Waals surface area (Å²) >= 11 is 0. The molecule has 0 saturated heterocycles. The van der Waals surface area contributed by atoms with Crippen LogP contribution in [0.15, 0.2) is 12.5 Å². The predicted molar refractivity (Wildman–Crippen MR) is 28.8 cm³/mol. The van der Waals surface area contributed by atoms with E-state index >= 15 is 0 Å². The monoisotopic (exact) mass is 115 g/mol. The Labute approximate surface area is 47.8 Å². The lowest BCUT2D eigenvalue weighted by Gasteiger charge is -2.16. The van der Waals surface area contributed by atoms with E-state index in [9.17, 15) is 0 Å². The number of rotatable bonds is 1. The van der Waals surface area contributed by atoms with Crippen LogP contribution < -0.4 is 11.3 Å². The molecule has 1 heterocycles. The highest BCUT2D eigenvalue weighted by molar-refractivity contribution is 4.77. The molecule has 46 valence electrons. The Morgan fingerprint density at radius 3 is 2.88 bits per heavy atom. The van der Waals surface area contributed by atoms with Crippen LogP contribution in [0.4, 0.5) is 0 Å². The molecule has 0 saturated carbocycles. The normalized spacial score (nSPS) is 21.0. The molecule has 0 radical (unpaired) electrons. The minimum Gasteiger partial charge on any atom is -0.395 e. The van der Waals surface area contributed by atoms with Crippen LogP contribution in [-0.4, -0.2) is 11.2 Å². The summed E-state index contributed by atoms with van der Waals surface area (Å²) in [6.07, 6.45) is 3.21. The Morgan fingerprint density at radius 1 is 1.88 bits per heavy atom. The summed E-state index contributed by atoms with van der Waals surface area (Å²) in [6.45, 7) is 1.85. The van der Waals surface area contributed by atoms with E-state index in [1.54, 1.807) is 11.2 Å². The van der Waals surface area contributed by atoms with Crippen LogP contribution in [0.1, 0.15) is 6.92 Å². The van der Waals surface area contributed by atoms with Gasteiger partial charge in [0.2, 0.25) is 0 Å². The van der Waals surface area contributed by atoms with Crippen molar-refractivity contribution < 1.29 is 4.84 Å². The molecule has 0 aliphatic carbocycles. The summed E-state index contributed by atoms with van der Waals surface area (Å²) in [5, 5.41) is 1.65. The van der Waals surface area contributed by atoms with Crippen molar-refractivity contribution in [2.75, 3.05) is 0 Å². The first kappa shape index (κ1) is 5.40. The number of hydrogen-bond donors (Lipinski definition) is 2. The molecule has 4 nitrogen and oxygen atoms in total. The van der Waals surface area contributed by atoms with E-state index in [0.717, 1.165) is 0 Å². The standard InChI is InChI=1S/C4H9N3O/c1-4(5)7-2-3-8-6-7/h2-4,6H,5H2,1H3. The van der Waals surface area contributed by atoms with Gasteiger partial charge in [-0.2, -0.15) is 0 Å². The van der Waals surface area contributed by atoms with Gasteiger partial charge in [0.05, 0.1) is 12.4 Å². The van der Waals surface area contributed by atoms with Gasteiger partial charge >= 0.3 is 0 Å². The molecule has 0 aromatic heterocycles. The summed E-state index contributed by atoms with van der Waals surface area (Å²) in [5.74, 6) is 0. The first-order valence-electron chi connectivity index (χ1n) is 2.42. The van der Waals surface area contributed by atoms with E-state index in [0.29, 0.717) is 0 Å². The molecule has 0 spiro atoms. The lowest BCUT2D eigenvalue weighted by molar-refractivity contribution is 0.0160. The third kappa shape index (κ3) is 0.907. The summed E-state index contributed by atoms with van der Waals surface area (Å²) in [4.78, 5) is 4.63. The van der Waals surface area contributed by atoms with Gasteiger partial charge in [-0.15, -0.1) is 0 Å². The highest BCUT2D eigenvalue weighted by atomic mass is 16.7. The minimum absolute atomic E-state index is 0.0475. The summed E-state index contributed by atoms with van der Waals surface area (Å²) in [7, 11) is 0. The molecule has 1 atom stereocenters. The molecule has 0 aromatic carbocycles. The van der Waals surface area contributed by atoms with Crippen LogP contribution in [0.2, 0.25) is 0 Å². The van der Waals surface area contributed by atoms with E-state index < -0.39 is 0 Å². The maximum atomic E-state index is 5.43. The molecule has 1 aliphatic heterocycles. The molecule has 0 fully saturated rings. The molecule has 8 heavy (non-hydrogen) atoms. The van der Waals surface area contributed by atoms with Gasteiger partial charge in [-0.3, -0.25) is 5.01 Å². The Morgan fingerprint density at radius 2 is 2.62 bits per heavy atom. The first-order chi connectivity index (χ1) is 3.80.